The van der Waals surface area contributed by atoms with Crippen molar-refractivity contribution in [3.8, 4) is 22.9 Å². The number of halogens is 3. The Bertz CT molecular complexity index is 1760. The zero-order valence-corrected chi connectivity index (χ0v) is 20.6. The number of nitriles is 1. The maximum atomic E-state index is 15.1. The normalized spacial score (nSPS) is 10.8. The summed E-state index contributed by atoms with van der Waals surface area (Å²) in [5.41, 5.74) is 3.37. The predicted octanol–water partition coefficient (Wildman–Crippen LogP) is 6.48. The van der Waals surface area contributed by atoms with Gasteiger partial charge in [0.2, 0.25) is 0 Å². The summed E-state index contributed by atoms with van der Waals surface area (Å²) < 4.78 is 53.9. The van der Waals surface area contributed by atoms with Crippen LogP contribution in [0, 0.1) is 28.8 Å². The highest BCUT2D eigenvalue weighted by Crippen LogP contribution is 2.29. The molecule has 1 aromatic heterocycles. The van der Waals surface area contributed by atoms with Crippen molar-refractivity contribution in [2.24, 2.45) is 0 Å². The number of imidazole rings is 1. The van der Waals surface area contributed by atoms with Gasteiger partial charge in [0, 0.05) is 12.0 Å². The van der Waals surface area contributed by atoms with Crippen LogP contribution < -0.4 is 4.74 Å². The molecule has 39 heavy (non-hydrogen) atoms. The molecular formula is C30H20F3N3O3. The fourth-order valence-electron chi connectivity index (χ4n) is 4.12. The second-order valence-corrected chi connectivity index (χ2v) is 8.74. The van der Waals surface area contributed by atoms with Crippen molar-refractivity contribution < 1.29 is 27.4 Å². The molecule has 0 unspecified atom stereocenters. The van der Waals surface area contributed by atoms with Crippen LogP contribution >= 0.6 is 0 Å². The topological polar surface area (TPSA) is 88.0 Å². The number of carbonyl (C=O) groups is 1. The van der Waals surface area contributed by atoms with Crippen LogP contribution in [0.25, 0.3) is 22.2 Å². The van der Waals surface area contributed by atoms with E-state index in [4.69, 9.17) is 14.7 Å². The van der Waals surface area contributed by atoms with Crippen molar-refractivity contribution in [2.75, 3.05) is 7.11 Å². The van der Waals surface area contributed by atoms with Crippen LogP contribution in [0.5, 0.6) is 5.75 Å². The van der Waals surface area contributed by atoms with E-state index in [-0.39, 0.29) is 29.9 Å². The molecule has 0 aliphatic carbocycles. The largest absolute Gasteiger partial charge is 0.486 e. The summed E-state index contributed by atoms with van der Waals surface area (Å²) in [5.74, 6) is -1.82. The first kappa shape index (κ1) is 25.5. The van der Waals surface area contributed by atoms with E-state index in [0.717, 1.165) is 6.07 Å². The van der Waals surface area contributed by atoms with E-state index in [1.54, 1.807) is 30.3 Å². The van der Waals surface area contributed by atoms with Crippen LogP contribution in [0.4, 0.5) is 13.2 Å². The summed E-state index contributed by atoms with van der Waals surface area (Å²) in [4.78, 5) is 19.3. The minimum Gasteiger partial charge on any atom is -0.486 e. The number of hydrogen-bond donors (Lipinski definition) is 1. The quantitative estimate of drug-likeness (QED) is 0.245. The van der Waals surface area contributed by atoms with Crippen LogP contribution in [0.1, 0.15) is 32.9 Å². The number of hydrogen-bond acceptors (Lipinski definition) is 5. The monoisotopic (exact) mass is 527 g/mol. The van der Waals surface area contributed by atoms with Gasteiger partial charge >= 0.3 is 5.97 Å². The average Bonchev–Trinajstić information content (AvgIpc) is 3.35. The summed E-state index contributed by atoms with van der Waals surface area (Å²) in [6, 6.07) is 19.5. The number of nitrogens with zero attached hydrogens (tertiary/aromatic N) is 2. The van der Waals surface area contributed by atoms with Crippen LogP contribution in [0.15, 0.2) is 72.8 Å². The van der Waals surface area contributed by atoms with Crippen molar-refractivity contribution in [3.05, 3.63) is 118 Å². The molecule has 0 saturated heterocycles. The zero-order chi connectivity index (χ0) is 27.5. The van der Waals surface area contributed by atoms with Gasteiger partial charge in [0.25, 0.3) is 0 Å². The lowest BCUT2D eigenvalue weighted by Crippen LogP contribution is -2.01. The molecule has 0 amide bonds. The Morgan fingerprint density at radius 2 is 1.64 bits per heavy atom. The number of nitrogens with one attached hydrogen (secondary N) is 1. The lowest BCUT2D eigenvalue weighted by molar-refractivity contribution is 0.0601. The van der Waals surface area contributed by atoms with Gasteiger partial charge in [-0.2, -0.15) is 5.26 Å². The summed E-state index contributed by atoms with van der Waals surface area (Å²) in [6.07, 6.45) is 0.183. The summed E-state index contributed by atoms with van der Waals surface area (Å²) in [7, 11) is 1.30. The number of rotatable bonds is 7. The third-order valence-electron chi connectivity index (χ3n) is 6.19. The lowest BCUT2D eigenvalue weighted by atomic mass is 10.0. The van der Waals surface area contributed by atoms with Gasteiger partial charge in [0.05, 0.1) is 35.3 Å². The number of benzene rings is 4. The van der Waals surface area contributed by atoms with Crippen LogP contribution in [0.2, 0.25) is 0 Å². The fourth-order valence-corrected chi connectivity index (χ4v) is 4.12. The van der Waals surface area contributed by atoms with Gasteiger partial charge < -0.3 is 14.5 Å². The molecule has 0 saturated carbocycles. The molecule has 1 heterocycles. The number of methoxy groups -OCH3 is 1. The Morgan fingerprint density at radius 1 is 0.897 bits per heavy atom. The maximum Gasteiger partial charge on any atom is 0.337 e. The summed E-state index contributed by atoms with van der Waals surface area (Å²) in [5, 5.41) is 8.87. The van der Waals surface area contributed by atoms with Crippen LogP contribution in [-0.4, -0.2) is 23.0 Å². The third kappa shape index (κ3) is 5.45. The standard InChI is InChI=1S/C30H20F3N3O3/c1-38-30(37)21-7-9-26-27(12-21)36-29(35-26)14-20-5-4-18(11-25(20)33)19-6-8-23(31)28(13-19)39-16-22-3-2-17(15-34)10-24(22)32/h2-13H,14,16H2,1H3,(H,35,36). The molecule has 9 heteroatoms. The van der Waals surface area contributed by atoms with Crippen molar-refractivity contribution >= 4 is 17.0 Å². The second-order valence-electron chi connectivity index (χ2n) is 8.74. The van der Waals surface area contributed by atoms with Gasteiger partial charge in [-0.1, -0.05) is 24.3 Å². The van der Waals surface area contributed by atoms with Crippen molar-refractivity contribution in [1.29, 1.82) is 5.26 Å². The first-order chi connectivity index (χ1) is 18.8. The molecule has 6 nitrogen and oxygen atoms in total. The average molecular weight is 528 g/mol. The van der Waals surface area contributed by atoms with Gasteiger partial charge in [-0.05, 0) is 65.2 Å². The van der Waals surface area contributed by atoms with E-state index >= 15 is 4.39 Å². The molecule has 4 aromatic carbocycles. The van der Waals surface area contributed by atoms with E-state index in [1.807, 2.05) is 6.07 Å². The smallest absolute Gasteiger partial charge is 0.337 e. The number of esters is 1. The molecule has 0 aliphatic rings. The first-order valence-electron chi connectivity index (χ1n) is 11.8. The SMILES string of the molecule is COC(=O)c1ccc2nc(Cc3ccc(-c4ccc(F)c(OCc5ccc(C#N)cc5F)c4)cc3F)[nH]c2c1. The number of carbonyl (C=O) groups excluding carboxylic acids is 1. The van der Waals surface area contributed by atoms with E-state index in [9.17, 15) is 13.6 Å². The molecule has 0 atom stereocenters. The molecule has 5 rings (SSSR count). The predicted molar refractivity (Wildman–Crippen MR) is 137 cm³/mol. The van der Waals surface area contributed by atoms with Crippen molar-refractivity contribution in [3.63, 3.8) is 0 Å². The summed E-state index contributed by atoms with van der Waals surface area (Å²) >= 11 is 0. The van der Waals surface area contributed by atoms with Crippen LogP contribution in [-0.2, 0) is 17.8 Å². The minimum absolute atomic E-state index is 0.116. The number of aromatic nitrogens is 2. The molecule has 0 aliphatic heterocycles. The number of fused-ring (bicyclic) bond motifs is 1. The molecule has 0 bridgehead atoms. The Kier molecular flexibility index (Phi) is 7.02. The number of aromatic amines is 1. The Hall–Kier alpha value is -5.10. The lowest BCUT2D eigenvalue weighted by Gasteiger charge is -2.11. The van der Waals surface area contributed by atoms with Gasteiger partial charge in [-0.3, -0.25) is 0 Å². The highest BCUT2D eigenvalue weighted by Gasteiger charge is 2.14. The number of H-pyrrole nitrogens is 1. The van der Waals surface area contributed by atoms with Gasteiger partial charge in [0.1, 0.15) is 24.1 Å². The van der Waals surface area contributed by atoms with Gasteiger partial charge in [-0.25, -0.2) is 22.9 Å². The van der Waals surface area contributed by atoms with E-state index < -0.39 is 23.4 Å². The molecule has 0 fully saturated rings. The third-order valence-corrected chi connectivity index (χ3v) is 6.19. The Balaban J connectivity index is 1.33. The van der Waals surface area contributed by atoms with Gasteiger partial charge in [-0.15, -0.1) is 0 Å². The first-order valence-corrected chi connectivity index (χ1v) is 11.8. The van der Waals surface area contributed by atoms with E-state index in [1.165, 1.54) is 43.5 Å². The van der Waals surface area contributed by atoms with Crippen LogP contribution in [0.3, 0.4) is 0 Å². The zero-order valence-electron chi connectivity index (χ0n) is 20.6. The fraction of sp³-hybridized carbons (Fsp3) is 0.100. The van der Waals surface area contributed by atoms with E-state index in [2.05, 4.69) is 9.97 Å². The molecule has 5 aromatic rings. The highest BCUT2D eigenvalue weighted by molar-refractivity contribution is 5.93. The molecule has 1 N–H and O–H groups in total. The molecule has 194 valence electrons. The van der Waals surface area contributed by atoms with E-state index in [0.29, 0.717) is 39.1 Å². The second kappa shape index (κ2) is 10.7. The minimum atomic E-state index is -0.648. The highest BCUT2D eigenvalue weighted by atomic mass is 19.1. The Morgan fingerprint density at radius 3 is 2.38 bits per heavy atom. The summed E-state index contributed by atoms with van der Waals surface area (Å²) in [6.45, 7) is -0.246. The van der Waals surface area contributed by atoms with Gasteiger partial charge in [0.15, 0.2) is 11.6 Å². The molecular weight excluding hydrogens is 507 g/mol. The molecule has 0 radical (unpaired) electrons. The van der Waals surface area contributed by atoms with Crippen molar-refractivity contribution in [1.82, 2.24) is 9.97 Å². The van der Waals surface area contributed by atoms with Crippen molar-refractivity contribution in [2.45, 2.75) is 13.0 Å². The maximum absolute atomic E-state index is 15.1. The Labute approximate surface area is 221 Å². The number of ether oxygens (including phenoxy) is 2. The molecule has 0 spiro atoms.